The molecule has 0 bridgehead atoms. The molecule has 0 aromatic heterocycles. The molecule has 7 heteroatoms. The summed E-state index contributed by atoms with van der Waals surface area (Å²) in [6, 6.07) is 6.45. The molecule has 0 amide bonds. The Morgan fingerprint density at radius 2 is 1.90 bits per heavy atom. The summed E-state index contributed by atoms with van der Waals surface area (Å²) in [4.78, 5) is 13.8. The summed E-state index contributed by atoms with van der Waals surface area (Å²) in [5.41, 5.74) is 0.00766. The van der Waals surface area contributed by atoms with E-state index in [0.717, 1.165) is 36.5 Å². The minimum Gasteiger partial charge on any atom is -0.507 e. The van der Waals surface area contributed by atoms with Gasteiger partial charge in [0.15, 0.2) is 11.6 Å². The maximum Gasteiger partial charge on any atom is 0.270 e. The lowest BCUT2D eigenvalue weighted by molar-refractivity contribution is -0.384. The number of rotatable bonds is 3. The number of non-ortho nitro benzene ring substituents is 1. The maximum atomic E-state index is 13.0. The molecule has 0 saturated carbocycles. The Balaban J connectivity index is 2.33. The normalized spacial score (nSPS) is 10.9. The summed E-state index contributed by atoms with van der Waals surface area (Å²) in [5.74, 6) is -2.26. The molecule has 0 unspecified atom stereocenters. The van der Waals surface area contributed by atoms with Gasteiger partial charge >= 0.3 is 0 Å². The van der Waals surface area contributed by atoms with Crippen molar-refractivity contribution in [2.24, 2.45) is 4.99 Å². The van der Waals surface area contributed by atoms with E-state index >= 15 is 0 Å². The zero-order valence-corrected chi connectivity index (χ0v) is 9.96. The van der Waals surface area contributed by atoms with Crippen molar-refractivity contribution < 1.29 is 18.8 Å². The Morgan fingerprint density at radius 1 is 1.15 bits per heavy atom. The van der Waals surface area contributed by atoms with E-state index in [4.69, 9.17) is 0 Å². The number of aromatic hydroxyl groups is 1. The van der Waals surface area contributed by atoms with E-state index in [9.17, 15) is 24.0 Å². The number of halogens is 2. The zero-order chi connectivity index (χ0) is 14.7. The molecule has 5 nitrogen and oxygen atoms in total. The number of nitro benzene ring substituents is 1. The van der Waals surface area contributed by atoms with Crippen LogP contribution in [0.4, 0.5) is 20.2 Å². The minimum atomic E-state index is -1.05. The molecule has 0 aliphatic rings. The summed E-state index contributed by atoms with van der Waals surface area (Å²) in [7, 11) is 0. The Bertz CT molecular complexity index is 702. The van der Waals surface area contributed by atoms with Gasteiger partial charge in [0.1, 0.15) is 5.75 Å². The molecule has 0 aliphatic heterocycles. The molecule has 1 N–H and O–H groups in total. The van der Waals surface area contributed by atoms with E-state index in [-0.39, 0.29) is 22.7 Å². The van der Waals surface area contributed by atoms with Gasteiger partial charge in [-0.1, -0.05) is 0 Å². The van der Waals surface area contributed by atoms with Crippen LogP contribution in [0, 0.1) is 21.7 Å². The zero-order valence-electron chi connectivity index (χ0n) is 9.96. The highest BCUT2D eigenvalue weighted by atomic mass is 19.2. The van der Waals surface area contributed by atoms with E-state index < -0.39 is 16.6 Å². The van der Waals surface area contributed by atoms with Crippen molar-refractivity contribution in [1.29, 1.82) is 0 Å². The highest BCUT2D eigenvalue weighted by Gasteiger charge is 2.09. The first kappa shape index (κ1) is 13.6. The molecule has 0 radical (unpaired) electrons. The fraction of sp³-hybridized carbons (Fsp3) is 0. The van der Waals surface area contributed by atoms with Crippen molar-refractivity contribution >= 4 is 17.6 Å². The minimum absolute atomic E-state index is 0.101. The number of hydrogen-bond acceptors (Lipinski definition) is 4. The number of phenolic OH excluding ortho intramolecular Hbond substituents is 1. The average molecular weight is 278 g/mol. The maximum absolute atomic E-state index is 13.0. The number of benzene rings is 2. The number of phenols is 1. The number of nitro groups is 1. The lowest BCUT2D eigenvalue weighted by Gasteiger charge is -1.99. The highest BCUT2D eigenvalue weighted by molar-refractivity contribution is 5.86. The number of aliphatic imine (C=N–C) groups is 1. The molecule has 2 rings (SSSR count). The van der Waals surface area contributed by atoms with Crippen molar-refractivity contribution in [3.8, 4) is 5.75 Å². The van der Waals surface area contributed by atoms with Crippen LogP contribution in [0.2, 0.25) is 0 Å². The predicted octanol–water partition coefficient (Wildman–Crippen LogP) is 3.33. The summed E-state index contributed by atoms with van der Waals surface area (Å²) >= 11 is 0. The number of hydrogen-bond donors (Lipinski definition) is 1. The predicted molar refractivity (Wildman–Crippen MR) is 68.4 cm³/mol. The molecule has 2 aromatic carbocycles. The fourth-order valence-electron chi connectivity index (χ4n) is 1.47. The summed E-state index contributed by atoms with van der Waals surface area (Å²) in [5, 5.41) is 20.2. The van der Waals surface area contributed by atoms with Crippen LogP contribution in [-0.2, 0) is 0 Å². The molecular formula is C13H8F2N2O3. The molecule has 20 heavy (non-hydrogen) atoms. The third-order valence-corrected chi connectivity index (χ3v) is 2.48. The van der Waals surface area contributed by atoms with E-state index in [1.807, 2.05) is 0 Å². The first-order valence-corrected chi connectivity index (χ1v) is 5.44. The highest BCUT2D eigenvalue weighted by Crippen LogP contribution is 2.22. The van der Waals surface area contributed by atoms with Gasteiger partial charge in [-0.15, -0.1) is 0 Å². The van der Waals surface area contributed by atoms with Crippen molar-refractivity contribution in [1.82, 2.24) is 0 Å². The smallest absolute Gasteiger partial charge is 0.270 e. The fourth-order valence-corrected chi connectivity index (χ4v) is 1.47. The monoisotopic (exact) mass is 278 g/mol. The van der Waals surface area contributed by atoms with Crippen molar-refractivity contribution in [2.45, 2.75) is 0 Å². The van der Waals surface area contributed by atoms with Crippen LogP contribution in [0.3, 0.4) is 0 Å². The quantitative estimate of drug-likeness (QED) is 0.531. The largest absolute Gasteiger partial charge is 0.507 e. The van der Waals surface area contributed by atoms with Crippen LogP contribution in [0.15, 0.2) is 41.4 Å². The van der Waals surface area contributed by atoms with E-state index in [2.05, 4.69) is 4.99 Å². The standard InChI is InChI=1S/C13H8F2N2O3/c14-11-3-1-9(6-12(11)15)16-7-8-5-10(17(19)20)2-4-13(8)18/h1-7,18H. The first-order valence-electron chi connectivity index (χ1n) is 5.44. The lowest BCUT2D eigenvalue weighted by atomic mass is 10.2. The molecule has 0 spiro atoms. The molecule has 0 fully saturated rings. The second kappa shape index (κ2) is 5.43. The Labute approximate surface area is 112 Å². The summed E-state index contributed by atoms with van der Waals surface area (Å²) < 4.78 is 25.7. The lowest BCUT2D eigenvalue weighted by Crippen LogP contribution is -1.90. The Hall–Kier alpha value is -2.83. The summed E-state index contributed by atoms with van der Waals surface area (Å²) in [6.07, 6.45) is 1.13. The van der Waals surface area contributed by atoms with E-state index in [0.29, 0.717) is 0 Å². The second-order valence-electron chi connectivity index (χ2n) is 3.86. The van der Waals surface area contributed by atoms with E-state index in [1.165, 1.54) is 6.07 Å². The molecule has 2 aromatic rings. The van der Waals surface area contributed by atoms with Crippen LogP contribution in [0.1, 0.15) is 5.56 Å². The van der Waals surface area contributed by atoms with Crippen molar-refractivity contribution in [3.05, 3.63) is 63.7 Å². The first-order chi connectivity index (χ1) is 9.47. The van der Waals surface area contributed by atoms with Crippen molar-refractivity contribution in [3.63, 3.8) is 0 Å². The van der Waals surface area contributed by atoms with Gasteiger partial charge in [-0.2, -0.15) is 0 Å². The van der Waals surface area contributed by atoms with Gasteiger partial charge in [0, 0.05) is 30.0 Å². The SMILES string of the molecule is O=[N+]([O-])c1ccc(O)c(C=Nc2ccc(F)c(F)c2)c1. The van der Waals surface area contributed by atoms with Gasteiger partial charge in [0.25, 0.3) is 5.69 Å². The third kappa shape index (κ3) is 2.94. The number of nitrogens with zero attached hydrogens (tertiary/aromatic N) is 2. The Kier molecular flexibility index (Phi) is 3.69. The van der Waals surface area contributed by atoms with Crippen LogP contribution < -0.4 is 0 Å². The van der Waals surface area contributed by atoms with E-state index in [1.54, 1.807) is 0 Å². The second-order valence-corrected chi connectivity index (χ2v) is 3.86. The van der Waals surface area contributed by atoms with Gasteiger partial charge in [-0.25, -0.2) is 8.78 Å². The van der Waals surface area contributed by atoms with Crippen LogP contribution in [-0.4, -0.2) is 16.2 Å². The van der Waals surface area contributed by atoms with Gasteiger partial charge in [-0.3, -0.25) is 15.1 Å². The molecule has 0 saturated heterocycles. The molecule has 0 atom stereocenters. The topological polar surface area (TPSA) is 75.7 Å². The molecule has 102 valence electrons. The van der Waals surface area contributed by atoms with Gasteiger partial charge in [0.2, 0.25) is 0 Å². The summed E-state index contributed by atoms with van der Waals surface area (Å²) in [6.45, 7) is 0. The molecule has 0 heterocycles. The van der Waals surface area contributed by atoms with Gasteiger partial charge in [0.05, 0.1) is 10.6 Å². The molecular weight excluding hydrogens is 270 g/mol. The molecule has 0 aliphatic carbocycles. The van der Waals surface area contributed by atoms with Crippen LogP contribution >= 0.6 is 0 Å². The Morgan fingerprint density at radius 3 is 2.55 bits per heavy atom. The average Bonchev–Trinajstić information content (AvgIpc) is 2.41. The third-order valence-electron chi connectivity index (χ3n) is 2.48. The van der Waals surface area contributed by atoms with Gasteiger partial charge < -0.3 is 5.11 Å². The van der Waals surface area contributed by atoms with Crippen molar-refractivity contribution in [2.75, 3.05) is 0 Å². The van der Waals surface area contributed by atoms with Gasteiger partial charge in [-0.05, 0) is 18.2 Å². The van der Waals surface area contributed by atoms with Crippen LogP contribution in [0.25, 0.3) is 0 Å². The van der Waals surface area contributed by atoms with Crippen LogP contribution in [0.5, 0.6) is 5.75 Å².